The van der Waals surface area contributed by atoms with E-state index in [1.54, 1.807) is 0 Å². The Morgan fingerprint density at radius 2 is 1.40 bits per heavy atom. The lowest BCUT2D eigenvalue weighted by molar-refractivity contribution is -0.277. The van der Waals surface area contributed by atoms with Gasteiger partial charge in [-0.25, -0.2) is 0 Å². The van der Waals surface area contributed by atoms with E-state index in [4.69, 9.17) is 23.4 Å². The summed E-state index contributed by atoms with van der Waals surface area (Å²) in [5.74, 6) is -3.14. The largest absolute Gasteiger partial charge is 0.507 e. The van der Waals surface area contributed by atoms with Gasteiger partial charge in [-0.1, -0.05) is 0 Å². The standard InChI is InChI=1S/C27H30O16/c1-8-17(32)20(35)22(37)26(39-8)40-10-5-13(31)16-14(6-10)41-24(9-2-3-11(29)12(30)4-9)25(19(16)34)43-27-23(38)21(36)18(33)15(7-28)42-27/h2-6,8,15,17-18,20-23,26-33,35-38H,7H2,1H3/t8-,15+,17-,18+,20+,21-,22+,23+,26-,27-/m0/s1. The molecule has 2 fully saturated rings. The van der Waals surface area contributed by atoms with Gasteiger partial charge in [0.25, 0.3) is 0 Å². The van der Waals surface area contributed by atoms with Crippen molar-refractivity contribution in [2.45, 2.75) is 68.3 Å². The number of fused-ring (bicyclic) bond motifs is 1. The molecule has 2 aliphatic rings. The molecule has 234 valence electrons. The van der Waals surface area contributed by atoms with Crippen LogP contribution in [0.1, 0.15) is 6.92 Å². The Morgan fingerprint density at radius 3 is 2.05 bits per heavy atom. The summed E-state index contributed by atoms with van der Waals surface area (Å²) in [7, 11) is 0. The molecular formula is C27H30O16. The quantitative estimate of drug-likeness (QED) is 0.135. The smallest absolute Gasteiger partial charge is 0.239 e. The van der Waals surface area contributed by atoms with Crippen molar-refractivity contribution in [2.24, 2.45) is 0 Å². The molecule has 3 heterocycles. The number of phenolic OH excluding ortho intramolecular Hbond substituents is 3. The van der Waals surface area contributed by atoms with Gasteiger partial charge < -0.3 is 74.4 Å². The third-order valence-corrected chi connectivity index (χ3v) is 7.29. The number of aliphatic hydroxyl groups excluding tert-OH is 7. The maximum absolute atomic E-state index is 13.7. The SMILES string of the molecule is C[C@@H]1O[C@@H](Oc2cc(O)c3c(=O)c(O[C@@H]4O[C@H](CO)[C@@H](O)[C@H](O)[C@H]4O)c(-c4ccc(O)c(O)c4)oc3c2)[C@H](O)[C@H](O)[C@H]1O. The van der Waals surface area contributed by atoms with Gasteiger partial charge in [-0.2, -0.15) is 0 Å². The number of aromatic hydroxyl groups is 3. The highest BCUT2D eigenvalue weighted by molar-refractivity contribution is 5.88. The van der Waals surface area contributed by atoms with E-state index in [9.17, 15) is 55.9 Å². The molecule has 0 aliphatic carbocycles. The number of hydrogen-bond donors (Lipinski definition) is 10. The minimum Gasteiger partial charge on any atom is -0.507 e. The van der Waals surface area contributed by atoms with Crippen molar-refractivity contribution < 1.29 is 74.4 Å². The van der Waals surface area contributed by atoms with E-state index < -0.39 is 108 Å². The second-order valence-corrected chi connectivity index (χ2v) is 10.2. The number of phenols is 3. The van der Waals surface area contributed by atoms with Crippen molar-refractivity contribution in [1.82, 2.24) is 0 Å². The Kier molecular flexibility index (Phi) is 8.41. The van der Waals surface area contributed by atoms with Crippen molar-refractivity contribution in [1.29, 1.82) is 0 Å². The van der Waals surface area contributed by atoms with E-state index in [0.717, 1.165) is 24.3 Å². The lowest BCUT2D eigenvalue weighted by Crippen LogP contribution is -2.60. The van der Waals surface area contributed by atoms with Crippen LogP contribution in [0, 0.1) is 0 Å². The zero-order valence-electron chi connectivity index (χ0n) is 22.3. The number of ether oxygens (including phenoxy) is 4. The first kappa shape index (κ1) is 30.7. The van der Waals surface area contributed by atoms with E-state index in [0.29, 0.717) is 0 Å². The molecule has 10 N–H and O–H groups in total. The van der Waals surface area contributed by atoms with E-state index in [1.807, 2.05) is 0 Å². The summed E-state index contributed by atoms with van der Waals surface area (Å²) in [6.45, 7) is 0.650. The van der Waals surface area contributed by atoms with Crippen LogP contribution in [0.4, 0.5) is 0 Å². The zero-order chi connectivity index (χ0) is 31.3. The molecule has 0 spiro atoms. The summed E-state index contributed by atoms with van der Waals surface area (Å²) in [5, 5.41) is 101. The summed E-state index contributed by atoms with van der Waals surface area (Å²) in [4.78, 5) is 13.7. The van der Waals surface area contributed by atoms with E-state index in [1.165, 1.54) is 13.0 Å². The van der Waals surface area contributed by atoms with Crippen LogP contribution in [0.2, 0.25) is 0 Å². The Balaban J connectivity index is 1.61. The Labute approximate surface area is 241 Å². The van der Waals surface area contributed by atoms with Crippen LogP contribution < -0.4 is 14.9 Å². The van der Waals surface area contributed by atoms with Crippen molar-refractivity contribution in [2.75, 3.05) is 6.61 Å². The maximum atomic E-state index is 13.7. The van der Waals surface area contributed by atoms with Crippen molar-refractivity contribution in [3.8, 4) is 40.1 Å². The molecule has 10 atom stereocenters. The number of hydrogen-bond acceptors (Lipinski definition) is 16. The molecule has 0 bridgehead atoms. The fourth-order valence-electron chi connectivity index (χ4n) is 4.81. The molecule has 16 heteroatoms. The second kappa shape index (κ2) is 11.8. The fourth-order valence-corrected chi connectivity index (χ4v) is 4.81. The molecule has 2 saturated heterocycles. The summed E-state index contributed by atoms with van der Waals surface area (Å²) in [5.41, 5.74) is -1.40. The van der Waals surface area contributed by atoms with Gasteiger partial charge in [0.15, 0.2) is 17.3 Å². The van der Waals surface area contributed by atoms with Crippen LogP contribution in [-0.4, -0.2) is 119 Å². The summed E-state index contributed by atoms with van der Waals surface area (Å²) >= 11 is 0. The first-order chi connectivity index (χ1) is 20.3. The highest BCUT2D eigenvalue weighted by atomic mass is 16.7. The molecule has 16 nitrogen and oxygen atoms in total. The molecule has 0 unspecified atom stereocenters. The van der Waals surface area contributed by atoms with Gasteiger partial charge in [-0.05, 0) is 25.1 Å². The second-order valence-electron chi connectivity index (χ2n) is 10.2. The number of aliphatic hydroxyl groups is 7. The van der Waals surface area contributed by atoms with Crippen LogP contribution in [0.3, 0.4) is 0 Å². The first-order valence-corrected chi connectivity index (χ1v) is 13.0. The van der Waals surface area contributed by atoms with Crippen LogP contribution in [0.5, 0.6) is 28.7 Å². The average molecular weight is 611 g/mol. The number of rotatable bonds is 6. The molecule has 0 amide bonds. The molecule has 2 aromatic carbocycles. The van der Waals surface area contributed by atoms with Gasteiger partial charge in [-0.15, -0.1) is 0 Å². The Morgan fingerprint density at radius 1 is 0.744 bits per heavy atom. The molecule has 1 aromatic heterocycles. The predicted octanol–water partition coefficient (Wildman–Crippen LogP) is -2.04. The summed E-state index contributed by atoms with van der Waals surface area (Å²) < 4.78 is 27.8. The van der Waals surface area contributed by atoms with Crippen LogP contribution in [0.25, 0.3) is 22.3 Å². The maximum Gasteiger partial charge on any atom is 0.239 e. The zero-order valence-corrected chi connectivity index (χ0v) is 22.3. The van der Waals surface area contributed by atoms with E-state index in [-0.39, 0.29) is 16.9 Å². The summed E-state index contributed by atoms with van der Waals surface area (Å²) in [6.07, 6.45) is -15.9. The monoisotopic (exact) mass is 610 g/mol. The molecule has 0 saturated carbocycles. The third kappa shape index (κ3) is 5.55. The van der Waals surface area contributed by atoms with E-state index >= 15 is 0 Å². The Hall–Kier alpha value is -3.71. The third-order valence-electron chi connectivity index (χ3n) is 7.29. The highest BCUT2D eigenvalue weighted by Gasteiger charge is 2.46. The van der Waals surface area contributed by atoms with Gasteiger partial charge in [0.05, 0.1) is 12.7 Å². The van der Waals surface area contributed by atoms with Gasteiger partial charge in [0.2, 0.25) is 23.8 Å². The lowest BCUT2D eigenvalue weighted by Gasteiger charge is -2.39. The normalized spacial score (nSPS) is 32.9. The molecular weight excluding hydrogens is 580 g/mol. The minimum atomic E-state index is -1.92. The van der Waals surface area contributed by atoms with Gasteiger partial charge in [-0.3, -0.25) is 4.79 Å². The Bertz CT molecular complexity index is 1540. The van der Waals surface area contributed by atoms with Crippen molar-refractivity contribution >= 4 is 11.0 Å². The van der Waals surface area contributed by atoms with Crippen molar-refractivity contribution in [3.63, 3.8) is 0 Å². The van der Waals surface area contributed by atoms with Crippen LogP contribution >= 0.6 is 0 Å². The van der Waals surface area contributed by atoms with Crippen molar-refractivity contribution in [3.05, 3.63) is 40.6 Å². The van der Waals surface area contributed by atoms with E-state index in [2.05, 4.69) is 0 Å². The van der Waals surface area contributed by atoms with Gasteiger partial charge in [0, 0.05) is 17.7 Å². The van der Waals surface area contributed by atoms with Gasteiger partial charge in [0.1, 0.15) is 65.2 Å². The molecule has 3 aromatic rings. The first-order valence-electron chi connectivity index (χ1n) is 13.0. The number of benzene rings is 2. The molecule has 43 heavy (non-hydrogen) atoms. The van der Waals surface area contributed by atoms with Gasteiger partial charge >= 0.3 is 0 Å². The molecule has 5 rings (SSSR count). The predicted molar refractivity (Wildman–Crippen MR) is 140 cm³/mol. The topological polar surface area (TPSA) is 269 Å². The molecule has 0 radical (unpaired) electrons. The minimum absolute atomic E-state index is 0.0447. The van der Waals surface area contributed by atoms with Crippen LogP contribution in [0.15, 0.2) is 39.5 Å². The van der Waals surface area contributed by atoms with Crippen LogP contribution in [-0.2, 0) is 9.47 Å². The average Bonchev–Trinajstić information content (AvgIpc) is 2.97. The highest BCUT2D eigenvalue weighted by Crippen LogP contribution is 2.40. The fraction of sp³-hybridized carbons (Fsp3) is 0.444. The lowest BCUT2D eigenvalue weighted by atomic mass is 9.99. The molecule has 2 aliphatic heterocycles. The summed E-state index contributed by atoms with van der Waals surface area (Å²) in [6, 6.07) is 5.43.